The summed E-state index contributed by atoms with van der Waals surface area (Å²) in [5.74, 6) is -0.551. The third-order valence-corrected chi connectivity index (χ3v) is 9.20. The van der Waals surface area contributed by atoms with E-state index in [2.05, 4.69) is 8.91 Å². The number of rotatable bonds is 2. The van der Waals surface area contributed by atoms with Gasteiger partial charge in [0.1, 0.15) is 5.75 Å². The Bertz CT molecular complexity index is 1290. The molecule has 0 unspecified atom stereocenters. The van der Waals surface area contributed by atoms with E-state index in [-0.39, 0.29) is 16.7 Å². The molecule has 11 heteroatoms. The van der Waals surface area contributed by atoms with Crippen LogP contribution in [0.1, 0.15) is 29.5 Å². The highest BCUT2D eigenvalue weighted by Gasteiger charge is 2.59. The van der Waals surface area contributed by atoms with Gasteiger partial charge in [0.25, 0.3) is 0 Å². The van der Waals surface area contributed by atoms with Gasteiger partial charge in [-0.1, -0.05) is 24.3 Å². The van der Waals surface area contributed by atoms with Crippen molar-refractivity contribution in [1.82, 2.24) is 4.72 Å². The second-order valence-corrected chi connectivity index (χ2v) is 11.5. The van der Waals surface area contributed by atoms with Crippen LogP contribution in [0, 0.1) is 11.8 Å². The third kappa shape index (κ3) is 3.00. The molecule has 2 aromatic rings. The van der Waals surface area contributed by atoms with Gasteiger partial charge >= 0.3 is 15.6 Å². The van der Waals surface area contributed by atoms with E-state index in [0.29, 0.717) is 18.4 Å². The molecule has 2 bridgehead atoms. The fourth-order valence-electron chi connectivity index (χ4n) is 5.45. The predicted octanol–water partition coefficient (Wildman–Crippen LogP) is 3.23. The van der Waals surface area contributed by atoms with Crippen LogP contribution in [0.25, 0.3) is 0 Å². The summed E-state index contributed by atoms with van der Waals surface area (Å²) in [5, 5.41) is 0. The summed E-state index contributed by atoms with van der Waals surface area (Å²) in [7, 11) is -9.44. The predicted molar refractivity (Wildman–Crippen MR) is 104 cm³/mol. The molecule has 5 rings (SSSR count). The molecule has 0 radical (unpaired) electrons. The molecule has 2 aromatic carbocycles. The number of alkyl halides is 3. The zero-order chi connectivity index (χ0) is 22.2. The lowest BCUT2D eigenvalue weighted by molar-refractivity contribution is -0.0500. The van der Waals surface area contributed by atoms with Crippen molar-refractivity contribution in [2.45, 2.75) is 41.6 Å². The van der Waals surface area contributed by atoms with Crippen LogP contribution in [0.5, 0.6) is 5.75 Å². The van der Waals surface area contributed by atoms with Crippen molar-refractivity contribution in [2.24, 2.45) is 11.8 Å². The molecule has 0 aromatic heterocycles. The molecule has 1 aliphatic heterocycles. The lowest BCUT2D eigenvalue weighted by Crippen LogP contribution is -2.47. The minimum Gasteiger partial charge on any atom is -0.376 e. The highest BCUT2D eigenvalue weighted by Crippen LogP contribution is 2.57. The standard InChI is InChI=1S/C20H18F3NO5S2/c21-20(22,23)31(27,28)29-16-8-5-12-9-14-6-7-15(10-13(12)11-16)19(14)17-3-1-2-4-18(17)30(25,26)24-19/h1-5,8,11,14-15,24H,6-7,9-10H2/t14-,15+,19-/m1/s1. The quantitative estimate of drug-likeness (QED) is 0.535. The van der Waals surface area contributed by atoms with Gasteiger partial charge in [-0.25, -0.2) is 8.42 Å². The number of sulfonamides is 1. The first-order valence-electron chi connectivity index (χ1n) is 9.70. The molecule has 2 aliphatic carbocycles. The van der Waals surface area contributed by atoms with Crippen molar-refractivity contribution >= 4 is 20.1 Å². The fraction of sp³-hybridized carbons (Fsp3) is 0.400. The van der Waals surface area contributed by atoms with E-state index in [1.54, 1.807) is 24.3 Å². The molecule has 1 fully saturated rings. The molecule has 31 heavy (non-hydrogen) atoms. The maximum atomic E-state index is 12.8. The van der Waals surface area contributed by atoms with E-state index in [1.165, 1.54) is 12.1 Å². The number of benzene rings is 2. The SMILES string of the molecule is O=S1(=O)N[C@]2(c3ccccc31)[C@@H]1CC[C@H]2Cc2cc(OS(=O)(=O)C(F)(F)F)ccc2C1. The summed E-state index contributed by atoms with van der Waals surface area (Å²) in [6.07, 6.45) is 2.47. The van der Waals surface area contributed by atoms with Crippen molar-refractivity contribution in [1.29, 1.82) is 0 Å². The maximum absolute atomic E-state index is 12.8. The zero-order valence-corrected chi connectivity index (χ0v) is 17.6. The lowest BCUT2D eigenvalue weighted by atomic mass is 9.74. The molecule has 166 valence electrons. The van der Waals surface area contributed by atoms with E-state index in [1.807, 2.05) is 6.07 Å². The van der Waals surface area contributed by atoms with Gasteiger partial charge in [0.15, 0.2) is 0 Å². The lowest BCUT2D eigenvalue weighted by Gasteiger charge is -2.35. The number of fused-ring (bicyclic) bond motifs is 2. The maximum Gasteiger partial charge on any atom is 0.534 e. The number of halogens is 3. The van der Waals surface area contributed by atoms with Gasteiger partial charge in [0.2, 0.25) is 10.0 Å². The van der Waals surface area contributed by atoms with Crippen LogP contribution in [0.2, 0.25) is 0 Å². The molecular weight excluding hydrogens is 455 g/mol. The molecule has 0 amide bonds. The van der Waals surface area contributed by atoms with Gasteiger partial charge in [0.05, 0.1) is 10.4 Å². The number of nitrogens with one attached hydrogen (secondary N) is 1. The second kappa shape index (κ2) is 6.46. The topological polar surface area (TPSA) is 89.5 Å². The first-order valence-corrected chi connectivity index (χ1v) is 12.6. The first kappa shape index (κ1) is 20.8. The smallest absolute Gasteiger partial charge is 0.376 e. The first-order chi connectivity index (χ1) is 14.4. The Balaban J connectivity index is 1.55. The summed E-state index contributed by atoms with van der Waals surface area (Å²) in [6.45, 7) is 0. The van der Waals surface area contributed by atoms with Crippen molar-refractivity contribution in [3.05, 3.63) is 59.2 Å². The highest BCUT2D eigenvalue weighted by atomic mass is 32.2. The Labute approximate surface area is 177 Å². The average molecular weight is 473 g/mol. The summed E-state index contributed by atoms with van der Waals surface area (Å²) in [5.41, 5.74) is -4.05. The van der Waals surface area contributed by atoms with Crippen molar-refractivity contribution < 1.29 is 34.2 Å². The summed E-state index contributed by atoms with van der Waals surface area (Å²) in [4.78, 5) is 0.262. The van der Waals surface area contributed by atoms with Crippen molar-refractivity contribution in [2.75, 3.05) is 0 Å². The average Bonchev–Trinajstić information content (AvgIpc) is 3.05. The Morgan fingerprint density at radius 1 is 1.00 bits per heavy atom. The Kier molecular flexibility index (Phi) is 4.33. The van der Waals surface area contributed by atoms with E-state index >= 15 is 0 Å². The van der Waals surface area contributed by atoms with Gasteiger partial charge in [-0.2, -0.15) is 26.3 Å². The number of hydrogen-bond acceptors (Lipinski definition) is 5. The van der Waals surface area contributed by atoms with E-state index < -0.39 is 36.9 Å². The van der Waals surface area contributed by atoms with Gasteiger partial charge in [-0.3, -0.25) is 0 Å². The van der Waals surface area contributed by atoms with Gasteiger partial charge in [0, 0.05) is 0 Å². The van der Waals surface area contributed by atoms with Gasteiger partial charge < -0.3 is 4.18 Å². The molecule has 1 N–H and O–H groups in total. The van der Waals surface area contributed by atoms with Crippen molar-refractivity contribution in [3.63, 3.8) is 0 Å². The zero-order valence-electron chi connectivity index (χ0n) is 16.0. The molecule has 6 nitrogen and oxygen atoms in total. The highest BCUT2D eigenvalue weighted by molar-refractivity contribution is 7.90. The summed E-state index contributed by atoms with van der Waals surface area (Å²) in [6, 6.07) is 11.0. The third-order valence-electron chi connectivity index (χ3n) is 6.68. The van der Waals surface area contributed by atoms with Crippen molar-refractivity contribution in [3.8, 4) is 5.75 Å². The van der Waals surface area contributed by atoms with Crippen LogP contribution in [-0.2, 0) is 38.5 Å². The van der Waals surface area contributed by atoms with Gasteiger partial charge in [-0.05, 0) is 72.4 Å². The molecule has 1 heterocycles. The normalized spacial score (nSPS) is 28.7. The molecule has 1 spiro atoms. The monoisotopic (exact) mass is 473 g/mol. The molecular formula is C20H18F3NO5S2. The van der Waals surface area contributed by atoms with Gasteiger partial charge in [-0.15, -0.1) is 0 Å². The van der Waals surface area contributed by atoms with Crippen LogP contribution in [-0.4, -0.2) is 22.3 Å². The Morgan fingerprint density at radius 2 is 1.65 bits per heavy atom. The largest absolute Gasteiger partial charge is 0.534 e. The molecule has 3 aliphatic rings. The van der Waals surface area contributed by atoms with Crippen LogP contribution in [0.4, 0.5) is 13.2 Å². The minimum absolute atomic E-state index is 0.0251. The van der Waals surface area contributed by atoms with Crippen LogP contribution in [0.15, 0.2) is 47.4 Å². The number of hydrogen-bond donors (Lipinski definition) is 1. The fourth-order valence-corrected chi connectivity index (χ4v) is 7.68. The summed E-state index contributed by atoms with van der Waals surface area (Å²) < 4.78 is 93.7. The molecule has 0 saturated heterocycles. The van der Waals surface area contributed by atoms with E-state index in [0.717, 1.165) is 24.0 Å². The second-order valence-electron chi connectivity index (χ2n) is 8.26. The van der Waals surface area contributed by atoms with E-state index in [4.69, 9.17) is 0 Å². The Morgan fingerprint density at radius 3 is 2.32 bits per heavy atom. The van der Waals surface area contributed by atoms with Crippen LogP contribution < -0.4 is 8.91 Å². The molecule has 3 atom stereocenters. The van der Waals surface area contributed by atoms with Crippen LogP contribution >= 0.6 is 0 Å². The Hall–Kier alpha value is -2.11. The molecule has 1 saturated carbocycles. The van der Waals surface area contributed by atoms with Crippen LogP contribution in [0.3, 0.4) is 0 Å². The van der Waals surface area contributed by atoms with E-state index in [9.17, 15) is 30.0 Å². The minimum atomic E-state index is -5.77. The summed E-state index contributed by atoms with van der Waals surface area (Å²) >= 11 is 0.